The van der Waals surface area contributed by atoms with Gasteiger partial charge >= 0.3 is 0 Å². The number of amides is 2. The number of anilines is 2. The van der Waals surface area contributed by atoms with Crippen LogP contribution in [0.1, 0.15) is 31.4 Å². The lowest BCUT2D eigenvalue weighted by Crippen LogP contribution is -2.42. The molecule has 0 saturated heterocycles. The zero-order valence-electron chi connectivity index (χ0n) is 16.0. The molecular formula is C22H27N3O2. The number of rotatable bonds is 7. The van der Waals surface area contributed by atoms with E-state index >= 15 is 0 Å². The molecule has 5 nitrogen and oxygen atoms in total. The van der Waals surface area contributed by atoms with Gasteiger partial charge in [-0.2, -0.15) is 0 Å². The van der Waals surface area contributed by atoms with E-state index in [2.05, 4.69) is 46.7 Å². The van der Waals surface area contributed by atoms with E-state index in [1.807, 2.05) is 12.1 Å². The predicted molar refractivity (Wildman–Crippen MR) is 109 cm³/mol. The van der Waals surface area contributed by atoms with Gasteiger partial charge in [0.15, 0.2) is 0 Å². The first kappa shape index (κ1) is 19.1. The van der Waals surface area contributed by atoms with E-state index in [-0.39, 0.29) is 11.8 Å². The van der Waals surface area contributed by atoms with Crippen LogP contribution < -0.4 is 10.6 Å². The van der Waals surface area contributed by atoms with E-state index in [0.717, 1.165) is 25.8 Å². The minimum absolute atomic E-state index is 0.0581. The number of para-hydroxylation sites is 2. The van der Waals surface area contributed by atoms with Gasteiger partial charge in [-0.3, -0.25) is 14.5 Å². The highest BCUT2D eigenvalue weighted by Crippen LogP contribution is 2.26. The van der Waals surface area contributed by atoms with Crippen molar-refractivity contribution < 1.29 is 9.59 Å². The lowest BCUT2D eigenvalue weighted by atomic mass is 10.1. The van der Waals surface area contributed by atoms with Gasteiger partial charge in [0.25, 0.3) is 0 Å². The number of hydrogen-bond donors (Lipinski definition) is 2. The molecule has 0 fully saturated rings. The van der Waals surface area contributed by atoms with Crippen molar-refractivity contribution in [2.45, 2.75) is 39.2 Å². The standard InChI is InChI=1S/C22H27N3O2/c1-3-12-25(19-13-17-8-4-5-9-18(17)14-19)15-22(27)24-21-11-7-6-10-20(21)23-16(2)26/h4-11,19H,3,12-15H2,1-2H3,(H,23,26)(H,24,27). The van der Waals surface area contributed by atoms with Gasteiger partial charge in [-0.15, -0.1) is 0 Å². The molecule has 0 unspecified atom stereocenters. The summed E-state index contributed by atoms with van der Waals surface area (Å²) in [4.78, 5) is 26.3. The van der Waals surface area contributed by atoms with Crippen LogP contribution in [0.15, 0.2) is 48.5 Å². The van der Waals surface area contributed by atoms with E-state index in [1.54, 1.807) is 12.1 Å². The largest absolute Gasteiger partial charge is 0.325 e. The summed E-state index contributed by atoms with van der Waals surface area (Å²) in [5, 5.41) is 5.71. The zero-order valence-corrected chi connectivity index (χ0v) is 16.0. The third kappa shape index (κ3) is 4.95. The first-order chi connectivity index (χ1) is 13.1. The Morgan fingerprint density at radius 2 is 1.52 bits per heavy atom. The van der Waals surface area contributed by atoms with E-state index in [9.17, 15) is 9.59 Å². The Hall–Kier alpha value is -2.66. The summed E-state index contributed by atoms with van der Waals surface area (Å²) in [6.07, 6.45) is 2.99. The van der Waals surface area contributed by atoms with Gasteiger partial charge in [-0.25, -0.2) is 0 Å². The van der Waals surface area contributed by atoms with Crippen molar-refractivity contribution in [1.82, 2.24) is 4.90 Å². The van der Waals surface area contributed by atoms with Crippen LogP contribution in [0.2, 0.25) is 0 Å². The number of benzene rings is 2. The summed E-state index contributed by atoms with van der Waals surface area (Å²) in [5.41, 5.74) is 4.03. The van der Waals surface area contributed by atoms with Crippen LogP contribution in [0.25, 0.3) is 0 Å². The molecule has 0 atom stereocenters. The summed E-state index contributed by atoms with van der Waals surface area (Å²) in [6, 6.07) is 16.2. The Morgan fingerprint density at radius 3 is 2.07 bits per heavy atom. The number of nitrogens with zero attached hydrogens (tertiary/aromatic N) is 1. The van der Waals surface area contributed by atoms with Crippen molar-refractivity contribution in [3.63, 3.8) is 0 Å². The molecule has 2 aromatic rings. The normalized spacial score (nSPS) is 13.4. The smallest absolute Gasteiger partial charge is 0.238 e. The Bertz CT molecular complexity index is 794. The molecule has 2 N–H and O–H groups in total. The van der Waals surface area contributed by atoms with Crippen molar-refractivity contribution in [3.8, 4) is 0 Å². The fourth-order valence-electron chi connectivity index (χ4n) is 3.74. The highest BCUT2D eigenvalue weighted by molar-refractivity contribution is 5.99. The maximum Gasteiger partial charge on any atom is 0.238 e. The van der Waals surface area contributed by atoms with Crippen molar-refractivity contribution in [1.29, 1.82) is 0 Å². The Balaban J connectivity index is 1.66. The number of carbonyl (C=O) groups is 2. The quantitative estimate of drug-likeness (QED) is 0.790. The predicted octanol–water partition coefficient (Wildman–Crippen LogP) is 3.46. The number of nitrogens with one attached hydrogen (secondary N) is 2. The fraction of sp³-hybridized carbons (Fsp3) is 0.364. The molecule has 0 saturated carbocycles. The van der Waals surface area contributed by atoms with Gasteiger partial charge < -0.3 is 10.6 Å². The van der Waals surface area contributed by atoms with Gasteiger partial charge in [-0.1, -0.05) is 43.3 Å². The molecule has 1 aliphatic rings. The monoisotopic (exact) mass is 365 g/mol. The van der Waals surface area contributed by atoms with E-state index in [0.29, 0.717) is 24.0 Å². The summed E-state index contributed by atoms with van der Waals surface area (Å²) in [6.45, 7) is 4.83. The third-order valence-corrected chi connectivity index (χ3v) is 4.92. The zero-order chi connectivity index (χ0) is 19.2. The van der Waals surface area contributed by atoms with Gasteiger partial charge in [-0.05, 0) is 49.1 Å². The van der Waals surface area contributed by atoms with Gasteiger partial charge in [0.05, 0.1) is 17.9 Å². The molecule has 5 heteroatoms. The molecule has 2 amide bonds. The minimum atomic E-state index is -0.159. The molecule has 0 spiro atoms. The molecule has 142 valence electrons. The average molecular weight is 365 g/mol. The van der Waals surface area contributed by atoms with Crippen LogP contribution in [-0.4, -0.2) is 35.8 Å². The van der Waals surface area contributed by atoms with Crippen LogP contribution in [0.5, 0.6) is 0 Å². The highest BCUT2D eigenvalue weighted by atomic mass is 16.2. The lowest BCUT2D eigenvalue weighted by Gasteiger charge is -2.28. The van der Waals surface area contributed by atoms with Crippen LogP contribution in [0.3, 0.4) is 0 Å². The fourth-order valence-corrected chi connectivity index (χ4v) is 3.74. The Kier molecular flexibility index (Phi) is 6.24. The molecule has 0 aromatic heterocycles. The topological polar surface area (TPSA) is 61.4 Å². The maximum absolute atomic E-state index is 12.7. The summed E-state index contributed by atoms with van der Waals surface area (Å²) >= 11 is 0. The van der Waals surface area contributed by atoms with Crippen LogP contribution in [-0.2, 0) is 22.4 Å². The van der Waals surface area contributed by atoms with E-state index < -0.39 is 0 Å². The third-order valence-electron chi connectivity index (χ3n) is 4.92. The van der Waals surface area contributed by atoms with Gasteiger partial charge in [0.2, 0.25) is 11.8 Å². The SMILES string of the molecule is CCCN(CC(=O)Nc1ccccc1NC(C)=O)C1Cc2ccccc2C1. The van der Waals surface area contributed by atoms with E-state index in [4.69, 9.17) is 0 Å². The first-order valence-corrected chi connectivity index (χ1v) is 9.54. The average Bonchev–Trinajstić information content (AvgIpc) is 3.07. The molecular weight excluding hydrogens is 338 g/mol. The summed E-state index contributed by atoms with van der Waals surface area (Å²) in [5.74, 6) is -0.217. The Morgan fingerprint density at radius 1 is 0.963 bits per heavy atom. The molecule has 2 aromatic carbocycles. The second-order valence-electron chi connectivity index (χ2n) is 7.08. The van der Waals surface area contributed by atoms with Crippen molar-refractivity contribution in [2.75, 3.05) is 23.7 Å². The maximum atomic E-state index is 12.7. The molecule has 1 aliphatic carbocycles. The lowest BCUT2D eigenvalue weighted by molar-refractivity contribution is -0.118. The molecule has 0 bridgehead atoms. The second-order valence-corrected chi connectivity index (χ2v) is 7.08. The van der Waals surface area contributed by atoms with Crippen molar-refractivity contribution in [2.24, 2.45) is 0 Å². The van der Waals surface area contributed by atoms with Crippen LogP contribution in [0.4, 0.5) is 11.4 Å². The number of carbonyl (C=O) groups excluding carboxylic acids is 2. The first-order valence-electron chi connectivity index (χ1n) is 9.54. The summed E-state index contributed by atoms with van der Waals surface area (Å²) < 4.78 is 0. The molecule has 3 rings (SSSR count). The summed E-state index contributed by atoms with van der Waals surface area (Å²) in [7, 11) is 0. The van der Waals surface area contributed by atoms with Gasteiger partial charge in [0.1, 0.15) is 0 Å². The minimum Gasteiger partial charge on any atom is -0.325 e. The Labute approximate surface area is 160 Å². The second kappa shape index (κ2) is 8.82. The highest BCUT2D eigenvalue weighted by Gasteiger charge is 2.27. The van der Waals surface area contributed by atoms with E-state index in [1.165, 1.54) is 18.1 Å². The van der Waals surface area contributed by atoms with Crippen LogP contribution >= 0.6 is 0 Å². The van der Waals surface area contributed by atoms with Gasteiger partial charge in [0, 0.05) is 13.0 Å². The molecule has 0 heterocycles. The molecule has 0 radical (unpaired) electrons. The van der Waals surface area contributed by atoms with Crippen molar-refractivity contribution >= 4 is 23.2 Å². The van der Waals surface area contributed by atoms with Crippen molar-refractivity contribution in [3.05, 3.63) is 59.7 Å². The number of fused-ring (bicyclic) bond motifs is 1. The molecule has 27 heavy (non-hydrogen) atoms. The molecule has 0 aliphatic heterocycles. The number of hydrogen-bond acceptors (Lipinski definition) is 3. The van der Waals surface area contributed by atoms with Crippen LogP contribution in [0, 0.1) is 0 Å².